The van der Waals surface area contributed by atoms with Crippen molar-refractivity contribution in [2.45, 2.75) is 5.37 Å². The molecule has 3 rings (SSSR count). The molecule has 0 spiro atoms. The maximum Gasteiger partial charge on any atom is 1.00 e. The van der Waals surface area contributed by atoms with Gasteiger partial charge in [-0.25, -0.2) is 0 Å². The van der Waals surface area contributed by atoms with E-state index >= 15 is 0 Å². The zero-order valence-corrected chi connectivity index (χ0v) is 14.2. The Bertz CT molecular complexity index is 694. The molecule has 1 unspecified atom stereocenters. The van der Waals surface area contributed by atoms with Crippen molar-refractivity contribution in [1.82, 2.24) is 19.9 Å². The molecule has 9 heteroatoms. The number of nitrogens with zero attached hydrogens (tertiary/aromatic N) is 4. The van der Waals surface area contributed by atoms with Gasteiger partial charge in [0.1, 0.15) is 11.1 Å². The minimum absolute atomic E-state index is 0. The number of carboxylic acids is 1. The summed E-state index contributed by atoms with van der Waals surface area (Å²) in [5.74, 6) is -1.64. The summed E-state index contributed by atoms with van der Waals surface area (Å²) >= 11 is 1.28. The molecule has 2 aliphatic rings. The number of aliphatic carboxylic acids is 1. The van der Waals surface area contributed by atoms with Gasteiger partial charge in [0.25, 0.3) is 5.91 Å². The van der Waals surface area contributed by atoms with Gasteiger partial charge >= 0.3 is 29.6 Å². The minimum Gasteiger partial charge on any atom is -0.543 e. The third-order valence-electron chi connectivity index (χ3n) is 2.91. The van der Waals surface area contributed by atoms with E-state index in [4.69, 9.17) is 0 Å². The van der Waals surface area contributed by atoms with Crippen LogP contribution in [0.3, 0.4) is 0 Å². The van der Waals surface area contributed by atoms with E-state index in [0.717, 1.165) is 0 Å². The van der Waals surface area contributed by atoms with Crippen molar-refractivity contribution in [2.24, 2.45) is 7.05 Å². The summed E-state index contributed by atoms with van der Waals surface area (Å²) in [5.41, 5.74) is 1.17. The molecule has 0 aliphatic carbocycles. The topological polar surface area (TPSA) is 91.2 Å². The van der Waals surface area contributed by atoms with Crippen LogP contribution in [0.25, 0.3) is 6.08 Å². The second-order valence-electron chi connectivity index (χ2n) is 4.25. The molecule has 0 bridgehead atoms. The quantitative estimate of drug-likeness (QED) is 0.324. The van der Waals surface area contributed by atoms with E-state index in [0.29, 0.717) is 11.3 Å². The summed E-state index contributed by atoms with van der Waals surface area (Å²) in [4.78, 5) is 23.9. The van der Waals surface area contributed by atoms with E-state index in [1.807, 2.05) is 0 Å². The first-order valence-electron chi connectivity index (χ1n) is 5.73. The average molecular weight is 312 g/mol. The van der Waals surface area contributed by atoms with Gasteiger partial charge in [-0.1, -0.05) is 17.4 Å². The molecule has 1 fully saturated rings. The van der Waals surface area contributed by atoms with Crippen molar-refractivity contribution in [3.8, 4) is 0 Å². The zero-order valence-electron chi connectivity index (χ0n) is 11.4. The molecule has 102 valence electrons. The van der Waals surface area contributed by atoms with Crippen LogP contribution >= 0.6 is 11.8 Å². The smallest absolute Gasteiger partial charge is 0.543 e. The van der Waals surface area contributed by atoms with Crippen molar-refractivity contribution >= 4 is 29.7 Å². The van der Waals surface area contributed by atoms with Crippen LogP contribution in [0.15, 0.2) is 35.0 Å². The van der Waals surface area contributed by atoms with Crippen LogP contribution in [0.1, 0.15) is 5.69 Å². The molecule has 3 heterocycles. The van der Waals surface area contributed by atoms with Crippen LogP contribution in [0.2, 0.25) is 0 Å². The van der Waals surface area contributed by atoms with Gasteiger partial charge < -0.3 is 9.90 Å². The molecule has 1 aromatic heterocycles. The average Bonchev–Trinajstić information content (AvgIpc) is 2.98. The number of β-lactam (4-membered cyclic amide) rings is 1. The van der Waals surface area contributed by atoms with Crippen LogP contribution in [0, 0.1) is 0 Å². The van der Waals surface area contributed by atoms with Crippen LogP contribution in [0.4, 0.5) is 0 Å². The molecule has 7 nitrogen and oxygen atoms in total. The van der Waals surface area contributed by atoms with E-state index in [1.165, 1.54) is 22.1 Å². The first kappa shape index (κ1) is 16.0. The molecule has 0 saturated carbocycles. The molecule has 21 heavy (non-hydrogen) atoms. The van der Waals surface area contributed by atoms with Gasteiger partial charge in [-0.3, -0.25) is 14.4 Å². The number of rotatable bonds is 3. The number of carbonyl (C=O) groups is 2. The third-order valence-corrected chi connectivity index (χ3v) is 3.99. The minimum atomic E-state index is -1.33. The largest absolute Gasteiger partial charge is 1.00 e. The monoisotopic (exact) mass is 312 g/mol. The summed E-state index contributed by atoms with van der Waals surface area (Å²) in [6, 6.07) is 0. The van der Waals surface area contributed by atoms with Gasteiger partial charge in [-0.15, -0.1) is 16.9 Å². The van der Waals surface area contributed by atoms with Crippen molar-refractivity contribution in [3.63, 3.8) is 0 Å². The molecule has 1 amide bonds. The number of fused-ring (bicyclic) bond motifs is 1. The number of thioether (sulfide) groups is 1. The summed E-state index contributed by atoms with van der Waals surface area (Å²) in [6.45, 7) is 0. The maximum absolute atomic E-state index is 11.9. The maximum atomic E-state index is 11.9. The fraction of sp³-hybridized carbons (Fsp3) is 0.167. The fourth-order valence-corrected chi connectivity index (χ4v) is 3.10. The molecule has 1 saturated heterocycles. The van der Waals surface area contributed by atoms with Gasteiger partial charge in [-0.05, 0) is 11.5 Å². The Morgan fingerprint density at radius 2 is 2.29 bits per heavy atom. The molecular weight excluding hydrogens is 303 g/mol. The molecule has 0 aromatic carbocycles. The molecular formula is C12H9N4NaO3S. The number of amides is 1. The fourth-order valence-electron chi connectivity index (χ4n) is 1.97. The van der Waals surface area contributed by atoms with E-state index in [9.17, 15) is 14.7 Å². The van der Waals surface area contributed by atoms with Crippen LogP contribution in [0.5, 0.6) is 0 Å². The van der Waals surface area contributed by atoms with Crippen LogP contribution in [-0.2, 0) is 16.6 Å². The molecule has 1 aromatic rings. The van der Waals surface area contributed by atoms with E-state index in [1.54, 1.807) is 36.2 Å². The Labute approximate surface area is 146 Å². The first-order chi connectivity index (χ1) is 9.58. The van der Waals surface area contributed by atoms with Gasteiger partial charge in [-0.2, -0.15) is 0 Å². The number of carbonyl (C=O) groups excluding carboxylic acids is 2. The third kappa shape index (κ3) is 2.84. The van der Waals surface area contributed by atoms with Crippen molar-refractivity contribution in [2.75, 3.05) is 0 Å². The Hall–Kier alpha value is -1.35. The van der Waals surface area contributed by atoms with Crippen molar-refractivity contribution in [3.05, 3.63) is 40.7 Å². The van der Waals surface area contributed by atoms with E-state index in [-0.39, 0.29) is 46.5 Å². The first-order valence-corrected chi connectivity index (χ1v) is 6.67. The zero-order chi connectivity index (χ0) is 14.3. The number of aromatic nitrogens is 3. The molecule has 1 atom stereocenters. The predicted octanol–water partition coefficient (Wildman–Crippen LogP) is -3.73. The van der Waals surface area contributed by atoms with Crippen LogP contribution < -0.4 is 34.7 Å². The van der Waals surface area contributed by atoms with E-state index < -0.39 is 5.97 Å². The number of carboxylic acid groups (broad SMARTS) is 1. The van der Waals surface area contributed by atoms with Gasteiger partial charge in [0.05, 0.1) is 23.4 Å². The summed E-state index contributed by atoms with van der Waals surface area (Å²) in [6.07, 6.45) is 6.83. The van der Waals surface area contributed by atoms with Gasteiger partial charge in [0.2, 0.25) is 0 Å². The van der Waals surface area contributed by atoms with E-state index in [2.05, 4.69) is 10.3 Å². The second-order valence-corrected chi connectivity index (χ2v) is 5.21. The number of allylic oxidation sites excluding steroid dienone is 2. The molecule has 2 aliphatic heterocycles. The summed E-state index contributed by atoms with van der Waals surface area (Å²) < 4.78 is 1.58. The Morgan fingerprint density at radius 1 is 1.52 bits per heavy atom. The summed E-state index contributed by atoms with van der Waals surface area (Å²) in [7, 11) is 1.76. The normalized spacial score (nSPS) is 22.0. The van der Waals surface area contributed by atoms with Gasteiger partial charge in [0.15, 0.2) is 0 Å². The molecule has 0 radical (unpaired) electrons. The van der Waals surface area contributed by atoms with Crippen molar-refractivity contribution < 1.29 is 44.3 Å². The number of aryl methyl sites for hydroxylation is 1. The standard InChI is InChI=1S/C12H10N4O3S.Na/c1-15-5-7(13-14-15)3-2-4-8-10(17)16-9(12(18)19)6-20-11(8)16;/h2-6,11H,1H3,(H,18,19);/q;+1/p-1/b3-2+,8-4+;. The Balaban J connectivity index is 0.00000161. The predicted molar refractivity (Wildman–Crippen MR) is 69.4 cm³/mol. The Morgan fingerprint density at radius 3 is 2.90 bits per heavy atom. The molecule has 0 N–H and O–H groups in total. The summed E-state index contributed by atoms with van der Waals surface area (Å²) in [5, 5.41) is 19.6. The van der Waals surface area contributed by atoms with Crippen molar-refractivity contribution in [1.29, 1.82) is 0 Å². The van der Waals surface area contributed by atoms with Crippen LogP contribution in [-0.4, -0.2) is 37.1 Å². The SMILES string of the molecule is Cn1cc(/C=C/C=C2\C(=O)N3C(C(=O)[O-])=CSC23)nn1.[Na+]. The Kier molecular flexibility index (Phi) is 4.72. The van der Waals surface area contributed by atoms with Gasteiger partial charge in [0, 0.05) is 7.05 Å². The second kappa shape index (κ2) is 6.18. The number of hydrogen-bond acceptors (Lipinski definition) is 6. The number of hydrogen-bond donors (Lipinski definition) is 0.